The number of ether oxygens (including phenoxy) is 1. The molecule has 4 heteroatoms. The van der Waals surface area contributed by atoms with E-state index in [0.29, 0.717) is 5.76 Å². The lowest BCUT2D eigenvalue weighted by Crippen LogP contribution is -2.24. The van der Waals surface area contributed by atoms with E-state index in [4.69, 9.17) is 15.0 Å². The summed E-state index contributed by atoms with van der Waals surface area (Å²) in [6, 6.07) is 7.85. The van der Waals surface area contributed by atoms with Crippen molar-refractivity contribution in [1.29, 1.82) is 0 Å². The van der Waals surface area contributed by atoms with Gasteiger partial charge in [-0.25, -0.2) is 0 Å². The Kier molecular flexibility index (Phi) is 2.64. The molecule has 1 aliphatic rings. The van der Waals surface area contributed by atoms with Crippen molar-refractivity contribution in [3.8, 4) is 17.0 Å². The zero-order chi connectivity index (χ0) is 13.6. The number of nitrogens with two attached hydrogens (primary N) is 1. The van der Waals surface area contributed by atoms with E-state index >= 15 is 0 Å². The highest BCUT2D eigenvalue weighted by atomic mass is 16.5. The van der Waals surface area contributed by atoms with E-state index in [1.807, 2.05) is 25.1 Å². The van der Waals surface area contributed by atoms with E-state index in [2.05, 4.69) is 25.1 Å². The molecule has 3 rings (SSSR count). The molecule has 1 aromatic carbocycles. The van der Waals surface area contributed by atoms with Gasteiger partial charge in [0.25, 0.3) is 0 Å². The van der Waals surface area contributed by atoms with Crippen molar-refractivity contribution in [2.75, 3.05) is 0 Å². The number of hydrogen-bond acceptors (Lipinski definition) is 4. The fourth-order valence-corrected chi connectivity index (χ4v) is 2.45. The highest BCUT2D eigenvalue weighted by Crippen LogP contribution is 2.42. The van der Waals surface area contributed by atoms with Crippen molar-refractivity contribution in [3.63, 3.8) is 0 Å². The monoisotopic (exact) mass is 258 g/mol. The molecule has 2 N–H and O–H groups in total. The Bertz CT molecular complexity index is 614. The van der Waals surface area contributed by atoms with Crippen LogP contribution in [0.5, 0.6) is 5.75 Å². The Labute approximate surface area is 112 Å². The summed E-state index contributed by atoms with van der Waals surface area (Å²) in [4.78, 5) is 0. The Balaban J connectivity index is 2.05. The van der Waals surface area contributed by atoms with Gasteiger partial charge >= 0.3 is 0 Å². The lowest BCUT2D eigenvalue weighted by Gasteiger charge is -2.17. The lowest BCUT2D eigenvalue weighted by atomic mass is 9.99. The van der Waals surface area contributed by atoms with Crippen LogP contribution in [0.2, 0.25) is 0 Å². The Morgan fingerprint density at radius 2 is 2.16 bits per heavy atom. The molecule has 0 fully saturated rings. The summed E-state index contributed by atoms with van der Waals surface area (Å²) in [6.45, 7) is 6.05. The van der Waals surface area contributed by atoms with Crippen LogP contribution in [0.4, 0.5) is 0 Å². The summed E-state index contributed by atoms with van der Waals surface area (Å²) in [7, 11) is 0. The third-order valence-electron chi connectivity index (χ3n) is 3.34. The summed E-state index contributed by atoms with van der Waals surface area (Å²) in [6.07, 6.45) is 0.911. The van der Waals surface area contributed by atoms with Crippen LogP contribution in [0, 0.1) is 0 Å². The molecular weight excluding hydrogens is 240 g/mol. The molecule has 0 amide bonds. The van der Waals surface area contributed by atoms with Gasteiger partial charge in [0.05, 0.1) is 6.04 Å². The predicted octanol–water partition coefficient (Wildman–Crippen LogP) is 3.07. The highest BCUT2D eigenvalue weighted by Gasteiger charge is 2.32. The van der Waals surface area contributed by atoms with Gasteiger partial charge in [0.2, 0.25) is 0 Å². The minimum absolute atomic E-state index is 0.157. The maximum atomic E-state index is 6.04. The van der Waals surface area contributed by atoms with Gasteiger partial charge in [-0.05, 0) is 32.4 Å². The maximum Gasteiger partial charge on any atom is 0.153 e. The average molecular weight is 258 g/mol. The molecule has 1 aromatic heterocycles. The third kappa shape index (κ3) is 2.12. The standard InChI is InChI=1S/C15H18N2O2/c1-9(16)13-7-12(17-19-13)11-6-4-5-10-8-15(2,3)18-14(10)11/h4-7,9H,8,16H2,1-3H3. The summed E-state index contributed by atoms with van der Waals surface area (Å²) >= 11 is 0. The Hall–Kier alpha value is -1.81. The van der Waals surface area contributed by atoms with Crippen LogP contribution in [-0.2, 0) is 6.42 Å². The fraction of sp³-hybridized carbons (Fsp3) is 0.400. The zero-order valence-electron chi connectivity index (χ0n) is 11.4. The number of hydrogen-bond donors (Lipinski definition) is 1. The third-order valence-corrected chi connectivity index (χ3v) is 3.34. The summed E-state index contributed by atoms with van der Waals surface area (Å²) in [5.74, 6) is 1.60. The molecule has 19 heavy (non-hydrogen) atoms. The first-order chi connectivity index (χ1) is 8.96. The van der Waals surface area contributed by atoms with E-state index < -0.39 is 0 Å². The minimum Gasteiger partial charge on any atom is -0.487 e. The molecule has 0 bridgehead atoms. The fourth-order valence-electron chi connectivity index (χ4n) is 2.45. The molecule has 0 saturated heterocycles. The molecule has 4 nitrogen and oxygen atoms in total. The zero-order valence-corrected chi connectivity index (χ0v) is 11.4. The predicted molar refractivity (Wildman–Crippen MR) is 73.0 cm³/mol. The topological polar surface area (TPSA) is 61.3 Å². The van der Waals surface area contributed by atoms with Gasteiger partial charge in [-0.2, -0.15) is 0 Å². The number of benzene rings is 1. The lowest BCUT2D eigenvalue weighted by molar-refractivity contribution is 0.139. The van der Waals surface area contributed by atoms with Gasteiger partial charge in [-0.3, -0.25) is 0 Å². The largest absolute Gasteiger partial charge is 0.487 e. The first-order valence-electron chi connectivity index (χ1n) is 6.50. The molecule has 100 valence electrons. The molecule has 1 aliphatic heterocycles. The molecule has 0 radical (unpaired) electrons. The van der Waals surface area contributed by atoms with E-state index in [1.165, 1.54) is 5.56 Å². The van der Waals surface area contributed by atoms with Gasteiger partial charge in [-0.1, -0.05) is 17.3 Å². The first-order valence-corrected chi connectivity index (χ1v) is 6.50. The van der Waals surface area contributed by atoms with Gasteiger partial charge in [0.15, 0.2) is 5.76 Å². The number of para-hydroxylation sites is 1. The number of rotatable bonds is 2. The van der Waals surface area contributed by atoms with Crippen molar-refractivity contribution in [2.45, 2.75) is 38.8 Å². The second kappa shape index (κ2) is 4.10. The van der Waals surface area contributed by atoms with Crippen molar-refractivity contribution in [2.24, 2.45) is 5.73 Å². The van der Waals surface area contributed by atoms with Crippen LogP contribution in [-0.4, -0.2) is 10.8 Å². The van der Waals surface area contributed by atoms with Gasteiger partial charge in [0.1, 0.15) is 17.0 Å². The molecule has 0 aliphatic carbocycles. The molecule has 2 aromatic rings. The Morgan fingerprint density at radius 3 is 2.84 bits per heavy atom. The normalized spacial score (nSPS) is 17.9. The van der Waals surface area contributed by atoms with Crippen molar-refractivity contribution in [1.82, 2.24) is 5.16 Å². The van der Waals surface area contributed by atoms with Crippen LogP contribution in [0.1, 0.15) is 38.1 Å². The molecule has 0 saturated carbocycles. The van der Waals surface area contributed by atoms with E-state index in [9.17, 15) is 0 Å². The van der Waals surface area contributed by atoms with E-state index in [-0.39, 0.29) is 11.6 Å². The summed E-state index contributed by atoms with van der Waals surface area (Å²) < 4.78 is 11.3. The molecule has 2 heterocycles. The van der Waals surface area contributed by atoms with Crippen LogP contribution in [0.25, 0.3) is 11.3 Å². The molecular formula is C15H18N2O2. The van der Waals surface area contributed by atoms with Gasteiger partial charge in [-0.15, -0.1) is 0 Å². The average Bonchev–Trinajstić information content (AvgIpc) is 2.90. The van der Waals surface area contributed by atoms with Crippen molar-refractivity contribution >= 4 is 0 Å². The molecule has 1 unspecified atom stereocenters. The van der Waals surface area contributed by atoms with Crippen LogP contribution in [0.15, 0.2) is 28.8 Å². The van der Waals surface area contributed by atoms with Crippen molar-refractivity contribution in [3.05, 3.63) is 35.6 Å². The maximum absolute atomic E-state index is 6.04. The quantitative estimate of drug-likeness (QED) is 0.899. The first kappa shape index (κ1) is 12.2. The summed E-state index contributed by atoms with van der Waals surface area (Å²) in [5, 5.41) is 4.10. The number of nitrogens with zero attached hydrogens (tertiary/aromatic N) is 1. The van der Waals surface area contributed by atoms with E-state index in [0.717, 1.165) is 23.4 Å². The molecule has 1 atom stereocenters. The van der Waals surface area contributed by atoms with E-state index in [1.54, 1.807) is 0 Å². The smallest absolute Gasteiger partial charge is 0.153 e. The van der Waals surface area contributed by atoms with Crippen LogP contribution < -0.4 is 10.5 Å². The number of fused-ring (bicyclic) bond motifs is 1. The van der Waals surface area contributed by atoms with Gasteiger partial charge in [0, 0.05) is 18.1 Å². The van der Waals surface area contributed by atoms with Crippen LogP contribution >= 0.6 is 0 Å². The van der Waals surface area contributed by atoms with Crippen molar-refractivity contribution < 1.29 is 9.26 Å². The second-order valence-electron chi connectivity index (χ2n) is 5.74. The van der Waals surface area contributed by atoms with Gasteiger partial charge < -0.3 is 15.0 Å². The number of aromatic nitrogens is 1. The summed E-state index contributed by atoms with van der Waals surface area (Å²) in [5.41, 5.74) is 8.60. The molecule has 0 spiro atoms. The Morgan fingerprint density at radius 1 is 1.37 bits per heavy atom. The highest BCUT2D eigenvalue weighted by molar-refractivity contribution is 5.70. The SMILES string of the molecule is CC(N)c1cc(-c2cccc3c2OC(C)(C)C3)no1. The minimum atomic E-state index is -0.161. The second-order valence-corrected chi connectivity index (χ2v) is 5.74. The van der Waals surface area contributed by atoms with Crippen LogP contribution in [0.3, 0.4) is 0 Å².